The Morgan fingerprint density at radius 3 is 2.39 bits per heavy atom. The molecule has 3 aromatic rings. The average molecular weight is 516 g/mol. The average Bonchev–Trinajstić information content (AvgIpc) is 3.17. The van der Waals surface area contributed by atoms with Crippen molar-refractivity contribution in [1.82, 2.24) is 4.90 Å². The molecule has 0 radical (unpaired) electrons. The van der Waals surface area contributed by atoms with Gasteiger partial charge >= 0.3 is 5.97 Å². The van der Waals surface area contributed by atoms with Crippen molar-refractivity contribution in [3.8, 4) is 11.5 Å². The van der Waals surface area contributed by atoms with Crippen molar-refractivity contribution in [2.45, 2.75) is 71.6 Å². The minimum Gasteiger partial charge on any atom is -0.491 e. The number of amides is 1. The van der Waals surface area contributed by atoms with E-state index in [1.54, 1.807) is 6.07 Å². The van der Waals surface area contributed by atoms with Gasteiger partial charge in [-0.1, -0.05) is 50.2 Å². The molecular weight excluding hydrogens is 478 g/mol. The van der Waals surface area contributed by atoms with Crippen LogP contribution in [0.5, 0.6) is 11.5 Å². The number of hydrogen-bond donors (Lipinski definition) is 1. The van der Waals surface area contributed by atoms with Gasteiger partial charge in [0.2, 0.25) is 0 Å². The fraction of sp³-hybridized carbons (Fsp3) is 0.375. The largest absolute Gasteiger partial charge is 0.491 e. The first-order valence-corrected chi connectivity index (χ1v) is 13.2. The van der Waals surface area contributed by atoms with E-state index >= 15 is 0 Å². The third kappa shape index (κ3) is 6.74. The minimum atomic E-state index is -1.06. The second-order valence-corrected chi connectivity index (χ2v) is 11.0. The zero-order chi connectivity index (χ0) is 27.4. The van der Waals surface area contributed by atoms with E-state index in [9.17, 15) is 14.7 Å². The Labute approximate surface area is 225 Å². The second-order valence-electron chi connectivity index (χ2n) is 11.0. The van der Waals surface area contributed by atoms with Crippen LogP contribution in [0.1, 0.15) is 73.1 Å². The number of nitrogens with zero attached hydrogens (tertiary/aromatic N) is 1. The van der Waals surface area contributed by atoms with Crippen molar-refractivity contribution in [2.24, 2.45) is 0 Å². The zero-order valence-corrected chi connectivity index (χ0v) is 22.9. The number of benzene rings is 3. The fourth-order valence-corrected chi connectivity index (χ4v) is 4.96. The van der Waals surface area contributed by atoms with Crippen LogP contribution in [0, 0.1) is 0 Å². The third-order valence-corrected chi connectivity index (χ3v) is 6.71. The summed E-state index contributed by atoms with van der Waals surface area (Å²) < 4.78 is 12.1. The zero-order valence-electron chi connectivity index (χ0n) is 22.9. The molecule has 1 N–H and O–H groups in total. The summed E-state index contributed by atoms with van der Waals surface area (Å²) in [5.41, 5.74) is 4.31. The molecule has 1 amide bonds. The summed E-state index contributed by atoms with van der Waals surface area (Å²) >= 11 is 0. The van der Waals surface area contributed by atoms with Crippen LogP contribution in [-0.4, -0.2) is 40.1 Å². The molecule has 3 aromatic carbocycles. The van der Waals surface area contributed by atoms with Gasteiger partial charge < -0.3 is 19.5 Å². The van der Waals surface area contributed by atoms with Gasteiger partial charge in [0.25, 0.3) is 5.91 Å². The summed E-state index contributed by atoms with van der Waals surface area (Å²) in [4.78, 5) is 26.4. The topological polar surface area (TPSA) is 76.1 Å². The molecular formula is C32H37NO5. The number of carbonyl (C=O) groups is 2. The van der Waals surface area contributed by atoms with Crippen LogP contribution in [0.3, 0.4) is 0 Å². The third-order valence-electron chi connectivity index (χ3n) is 6.71. The molecule has 6 heteroatoms. The van der Waals surface area contributed by atoms with Gasteiger partial charge in [-0.3, -0.25) is 9.59 Å². The van der Waals surface area contributed by atoms with Gasteiger partial charge in [-0.25, -0.2) is 0 Å². The molecule has 0 fully saturated rings. The molecule has 0 bridgehead atoms. The molecule has 0 aliphatic carbocycles. The van der Waals surface area contributed by atoms with E-state index in [-0.39, 0.29) is 18.6 Å². The summed E-state index contributed by atoms with van der Waals surface area (Å²) in [6, 6.07) is 21.5. The molecule has 1 heterocycles. The number of aliphatic carboxylic acids is 1. The van der Waals surface area contributed by atoms with Crippen LogP contribution in [0.4, 0.5) is 0 Å². The lowest BCUT2D eigenvalue weighted by molar-refractivity contribution is -0.137. The van der Waals surface area contributed by atoms with Gasteiger partial charge in [0.15, 0.2) is 0 Å². The highest BCUT2D eigenvalue weighted by Gasteiger charge is 2.35. The molecule has 0 aromatic heterocycles. The fourth-order valence-electron chi connectivity index (χ4n) is 4.96. The molecule has 1 aliphatic heterocycles. The van der Waals surface area contributed by atoms with Crippen LogP contribution in [0.15, 0.2) is 66.7 Å². The highest BCUT2D eigenvalue weighted by atomic mass is 16.5. The van der Waals surface area contributed by atoms with Gasteiger partial charge in [0, 0.05) is 24.9 Å². The Morgan fingerprint density at radius 1 is 1.00 bits per heavy atom. The first kappa shape index (κ1) is 27.2. The standard InChI is InChI=1S/C32H37NO5/c1-21(2)25-11-9-23(10-12-25)17-32(5)18-27-16-26(13-14-29(27)38-32)31(36)33(20-30(34)35)19-24-7-6-8-28(15-24)37-22(3)4/h6-16,21-22H,17-20H2,1-5H3,(H,34,35)/t32-/m0/s1. The van der Waals surface area contributed by atoms with E-state index in [1.807, 2.05) is 50.2 Å². The number of ether oxygens (including phenoxy) is 2. The predicted octanol–water partition coefficient (Wildman–Crippen LogP) is 6.26. The van der Waals surface area contributed by atoms with Gasteiger partial charge in [-0.2, -0.15) is 0 Å². The molecule has 0 saturated heterocycles. The van der Waals surface area contributed by atoms with Gasteiger partial charge in [-0.05, 0) is 79.3 Å². The van der Waals surface area contributed by atoms with Crippen molar-refractivity contribution in [3.63, 3.8) is 0 Å². The Bertz CT molecular complexity index is 1300. The predicted molar refractivity (Wildman–Crippen MR) is 148 cm³/mol. The number of hydrogen-bond acceptors (Lipinski definition) is 4. The van der Waals surface area contributed by atoms with Crippen LogP contribution < -0.4 is 9.47 Å². The molecule has 0 saturated carbocycles. The lowest BCUT2D eigenvalue weighted by Crippen LogP contribution is -2.35. The van der Waals surface area contributed by atoms with E-state index in [4.69, 9.17) is 9.47 Å². The normalized spacial score (nSPS) is 16.3. The highest BCUT2D eigenvalue weighted by Crippen LogP contribution is 2.38. The molecule has 0 unspecified atom stereocenters. The van der Waals surface area contributed by atoms with Crippen molar-refractivity contribution < 1.29 is 24.2 Å². The molecule has 38 heavy (non-hydrogen) atoms. The molecule has 200 valence electrons. The minimum absolute atomic E-state index is 0.0146. The number of carbonyl (C=O) groups excluding carboxylic acids is 1. The highest BCUT2D eigenvalue weighted by molar-refractivity contribution is 5.96. The number of rotatable bonds is 10. The van der Waals surface area contributed by atoms with Gasteiger partial charge in [-0.15, -0.1) is 0 Å². The Kier molecular flexibility index (Phi) is 8.10. The monoisotopic (exact) mass is 515 g/mol. The molecule has 6 nitrogen and oxygen atoms in total. The van der Waals surface area contributed by atoms with E-state index in [1.165, 1.54) is 16.0 Å². The lowest BCUT2D eigenvalue weighted by Gasteiger charge is -2.24. The Balaban J connectivity index is 1.50. The number of fused-ring (bicyclic) bond motifs is 1. The van der Waals surface area contributed by atoms with E-state index < -0.39 is 18.1 Å². The van der Waals surface area contributed by atoms with Gasteiger partial charge in [0.05, 0.1) is 6.10 Å². The molecule has 1 aliphatic rings. The first-order valence-electron chi connectivity index (χ1n) is 13.2. The van der Waals surface area contributed by atoms with Crippen LogP contribution >= 0.6 is 0 Å². The van der Waals surface area contributed by atoms with Crippen molar-refractivity contribution in [3.05, 3.63) is 94.5 Å². The number of carboxylic acids is 1. The molecule has 4 rings (SSSR count). The lowest BCUT2D eigenvalue weighted by atomic mass is 9.90. The first-order chi connectivity index (χ1) is 18.0. The summed E-state index contributed by atoms with van der Waals surface area (Å²) in [6.45, 7) is 10.1. The summed E-state index contributed by atoms with van der Waals surface area (Å²) in [5.74, 6) is 0.552. The van der Waals surface area contributed by atoms with Crippen molar-refractivity contribution in [2.75, 3.05) is 6.54 Å². The maximum Gasteiger partial charge on any atom is 0.323 e. The van der Waals surface area contributed by atoms with E-state index in [0.29, 0.717) is 23.7 Å². The number of carboxylic acid groups (broad SMARTS) is 1. The van der Waals surface area contributed by atoms with E-state index in [0.717, 1.165) is 23.3 Å². The van der Waals surface area contributed by atoms with Crippen molar-refractivity contribution >= 4 is 11.9 Å². The molecule has 1 atom stereocenters. The smallest absolute Gasteiger partial charge is 0.323 e. The summed E-state index contributed by atoms with van der Waals surface area (Å²) in [5, 5.41) is 9.50. The van der Waals surface area contributed by atoms with Crippen molar-refractivity contribution in [1.29, 1.82) is 0 Å². The van der Waals surface area contributed by atoms with Crippen LogP contribution in [0.25, 0.3) is 0 Å². The Hall–Kier alpha value is -3.80. The Morgan fingerprint density at radius 2 is 1.74 bits per heavy atom. The maximum atomic E-state index is 13.5. The van der Waals surface area contributed by atoms with E-state index in [2.05, 4.69) is 45.0 Å². The van der Waals surface area contributed by atoms with Crippen LogP contribution in [0.2, 0.25) is 0 Å². The summed E-state index contributed by atoms with van der Waals surface area (Å²) in [6.07, 6.45) is 1.44. The quantitative estimate of drug-likeness (QED) is 0.345. The van der Waals surface area contributed by atoms with Crippen LogP contribution in [-0.2, 0) is 24.2 Å². The summed E-state index contributed by atoms with van der Waals surface area (Å²) in [7, 11) is 0. The maximum absolute atomic E-state index is 13.5. The SMILES string of the molecule is CC(C)Oc1cccc(CN(CC(=O)O)C(=O)c2ccc3c(c2)C[C@](C)(Cc2ccc(C(C)C)cc2)O3)c1. The molecule has 0 spiro atoms. The van der Waals surface area contributed by atoms with Gasteiger partial charge in [0.1, 0.15) is 23.6 Å². The second kappa shape index (κ2) is 11.3.